The Bertz CT molecular complexity index is 1850. The topological polar surface area (TPSA) is 143 Å². The van der Waals surface area contributed by atoms with E-state index in [1.54, 1.807) is 6.08 Å². The lowest BCUT2D eigenvalue weighted by Crippen LogP contribution is -2.52. The quantitative estimate of drug-likeness (QED) is 0.140. The summed E-state index contributed by atoms with van der Waals surface area (Å²) in [4.78, 5) is 18.0. The van der Waals surface area contributed by atoms with Gasteiger partial charge in [0.15, 0.2) is 11.5 Å². The monoisotopic (exact) mass is 679 g/mol. The summed E-state index contributed by atoms with van der Waals surface area (Å²) >= 11 is 0. The predicted molar refractivity (Wildman–Crippen MR) is 195 cm³/mol. The molecule has 3 atom stereocenters. The van der Waals surface area contributed by atoms with Gasteiger partial charge in [0.2, 0.25) is 0 Å². The number of likely N-dealkylation sites (N-methyl/N-ethyl adjacent to an activating group) is 1. The number of ether oxygens (including phenoxy) is 1. The van der Waals surface area contributed by atoms with Gasteiger partial charge in [0.25, 0.3) is 0 Å². The number of aliphatic hydroxyl groups is 1. The standard InChI is InChI=1S/C38H49N9O3/c1-25-10-12-26(13-11-25)40-34(20-33(39)38(2,3)4)42-37(49)41-31-15-16-32(30-9-7-6-8-29(30)31)50-28-14-17-35-43-44-36(47(35)22-28)23-46-19-18-45(5)27(21-46)24-48/h6-14,17,20,22,27,31-32,39-40,48H,15-16,18-19,21,23-24H2,1-5H3,(H2,41,42,49)/b34-20+,39-33?/t27?,31-,32+/m0/s1. The minimum absolute atomic E-state index is 0.106. The van der Waals surface area contributed by atoms with E-state index in [4.69, 9.17) is 10.1 Å². The molecule has 2 aliphatic rings. The van der Waals surface area contributed by atoms with Gasteiger partial charge in [0.1, 0.15) is 17.7 Å². The number of carbonyl (C=O) groups excluding carboxylic acids is 1. The van der Waals surface area contributed by atoms with Crippen molar-refractivity contribution in [2.45, 2.75) is 65.3 Å². The lowest BCUT2D eigenvalue weighted by molar-refractivity contribution is 0.0526. The van der Waals surface area contributed by atoms with Crippen LogP contribution in [-0.4, -0.2) is 80.6 Å². The second-order valence-corrected chi connectivity index (χ2v) is 14.4. The molecule has 50 heavy (non-hydrogen) atoms. The molecule has 1 unspecified atom stereocenters. The lowest BCUT2D eigenvalue weighted by atomic mass is 9.85. The van der Waals surface area contributed by atoms with Gasteiger partial charge in [-0.25, -0.2) is 4.79 Å². The Morgan fingerprint density at radius 2 is 1.80 bits per heavy atom. The average molecular weight is 680 g/mol. The maximum atomic E-state index is 13.5. The first-order chi connectivity index (χ1) is 24.0. The first kappa shape index (κ1) is 35.1. The molecule has 0 radical (unpaired) electrons. The Labute approximate surface area is 294 Å². The fourth-order valence-electron chi connectivity index (χ4n) is 6.41. The van der Waals surface area contributed by atoms with Crippen molar-refractivity contribution in [1.82, 2.24) is 35.0 Å². The first-order valence-electron chi connectivity index (χ1n) is 17.3. The van der Waals surface area contributed by atoms with Crippen LogP contribution in [0.1, 0.15) is 68.3 Å². The summed E-state index contributed by atoms with van der Waals surface area (Å²) in [6.45, 7) is 11.2. The van der Waals surface area contributed by atoms with Gasteiger partial charge in [-0.15, -0.1) is 10.2 Å². The molecule has 0 bridgehead atoms. The molecule has 3 heterocycles. The van der Waals surface area contributed by atoms with Crippen LogP contribution in [0.3, 0.4) is 0 Å². The van der Waals surface area contributed by atoms with Crippen LogP contribution in [0, 0.1) is 17.7 Å². The first-order valence-corrected chi connectivity index (χ1v) is 17.3. The Morgan fingerprint density at radius 3 is 2.54 bits per heavy atom. The zero-order chi connectivity index (χ0) is 35.4. The zero-order valence-corrected chi connectivity index (χ0v) is 29.6. The van der Waals surface area contributed by atoms with Gasteiger partial charge in [-0.2, -0.15) is 0 Å². The van der Waals surface area contributed by atoms with E-state index in [0.717, 1.165) is 53.5 Å². The summed E-state index contributed by atoms with van der Waals surface area (Å²) in [5.74, 6) is 1.97. The van der Waals surface area contributed by atoms with Crippen molar-refractivity contribution in [3.63, 3.8) is 0 Å². The number of piperazine rings is 1. The van der Waals surface area contributed by atoms with Gasteiger partial charge < -0.3 is 25.9 Å². The molecule has 2 aromatic heterocycles. The third kappa shape index (κ3) is 8.32. The largest absolute Gasteiger partial charge is 0.484 e. The number of nitrogens with zero attached hydrogens (tertiary/aromatic N) is 5. The van der Waals surface area contributed by atoms with Gasteiger partial charge in [-0.05, 0) is 62.2 Å². The number of urea groups is 1. The molecule has 2 aromatic carbocycles. The molecule has 4 aromatic rings. The molecule has 5 N–H and O–H groups in total. The van der Waals surface area contributed by atoms with E-state index >= 15 is 0 Å². The normalized spacial score (nSPS) is 20.3. The second-order valence-electron chi connectivity index (χ2n) is 14.4. The van der Waals surface area contributed by atoms with Crippen molar-refractivity contribution in [3.8, 4) is 5.75 Å². The van der Waals surface area contributed by atoms with Crippen molar-refractivity contribution in [2.75, 3.05) is 38.6 Å². The molecule has 1 aliphatic carbocycles. The van der Waals surface area contributed by atoms with Crippen LogP contribution in [0.5, 0.6) is 5.75 Å². The Balaban J connectivity index is 1.14. The van der Waals surface area contributed by atoms with E-state index in [2.05, 4.69) is 42.0 Å². The highest BCUT2D eigenvalue weighted by Gasteiger charge is 2.30. The fourth-order valence-corrected chi connectivity index (χ4v) is 6.41. The molecule has 1 aliphatic heterocycles. The van der Waals surface area contributed by atoms with Crippen molar-refractivity contribution < 1.29 is 14.6 Å². The molecule has 6 rings (SSSR count). The predicted octanol–water partition coefficient (Wildman–Crippen LogP) is 5.42. The number of hydrogen-bond acceptors (Lipinski definition) is 9. The van der Waals surface area contributed by atoms with Crippen molar-refractivity contribution in [3.05, 3.63) is 101 Å². The van der Waals surface area contributed by atoms with E-state index in [-0.39, 0.29) is 36.2 Å². The summed E-state index contributed by atoms with van der Waals surface area (Å²) in [5.41, 5.74) is 4.75. The van der Waals surface area contributed by atoms with Crippen molar-refractivity contribution in [2.24, 2.45) is 5.41 Å². The summed E-state index contributed by atoms with van der Waals surface area (Å²) < 4.78 is 8.61. The van der Waals surface area contributed by atoms with Crippen LogP contribution in [0.2, 0.25) is 0 Å². The van der Waals surface area contributed by atoms with E-state index < -0.39 is 0 Å². The number of amides is 2. The zero-order valence-electron chi connectivity index (χ0n) is 29.6. The minimum Gasteiger partial charge on any atom is -0.484 e. The number of carbonyl (C=O) groups is 1. The molecule has 12 heteroatoms. The third-order valence-corrected chi connectivity index (χ3v) is 9.58. The van der Waals surface area contributed by atoms with Crippen molar-refractivity contribution in [1.29, 1.82) is 5.41 Å². The highest BCUT2D eigenvalue weighted by atomic mass is 16.5. The molecule has 264 valence electrons. The number of anilines is 1. The summed E-state index contributed by atoms with van der Waals surface area (Å²) in [6.07, 6.45) is 4.82. The maximum Gasteiger partial charge on any atom is 0.320 e. The van der Waals surface area contributed by atoms with Crippen LogP contribution in [-0.2, 0) is 6.54 Å². The van der Waals surface area contributed by atoms with Crippen LogP contribution in [0.15, 0.2) is 78.8 Å². The smallest absolute Gasteiger partial charge is 0.320 e. The second kappa shape index (κ2) is 15.0. The van der Waals surface area contributed by atoms with Gasteiger partial charge in [0.05, 0.1) is 25.4 Å². The molecule has 0 spiro atoms. The molecular weight excluding hydrogens is 630 g/mol. The Morgan fingerprint density at radius 1 is 1.04 bits per heavy atom. The van der Waals surface area contributed by atoms with Crippen LogP contribution in [0.25, 0.3) is 5.65 Å². The molecular formula is C38H49N9O3. The Hall–Kier alpha value is -4.78. The number of aromatic nitrogens is 3. The van der Waals surface area contributed by atoms with Gasteiger partial charge in [-0.1, -0.05) is 62.7 Å². The number of benzene rings is 2. The molecule has 12 nitrogen and oxygen atoms in total. The number of pyridine rings is 1. The Kier molecular flexibility index (Phi) is 10.5. The van der Waals surface area contributed by atoms with E-state index in [0.29, 0.717) is 36.7 Å². The van der Waals surface area contributed by atoms with E-state index in [1.165, 1.54) is 0 Å². The number of allylic oxidation sites excluding steroid dienone is 1. The molecule has 2 amide bonds. The number of hydrogen-bond donors (Lipinski definition) is 5. The molecule has 1 fully saturated rings. The average Bonchev–Trinajstić information content (AvgIpc) is 3.48. The third-order valence-electron chi connectivity index (χ3n) is 9.58. The fraction of sp³-hybridized carbons (Fsp3) is 0.421. The highest BCUT2D eigenvalue weighted by Crippen LogP contribution is 2.39. The van der Waals surface area contributed by atoms with Gasteiger partial charge >= 0.3 is 6.03 Å². The van der Waals surface area contributed by atoms with E-state index in [1.807, 2.05) is 99.9 Å². The van der Waals surface area contributed by atoms with Gasteiger partial charge in [-0.3, -0.25) is 19.5 Å². The summed E-state index contributed by atoms with van der Waals surface area (Å²) in [6, 6.07) is 19.4. The van der Waals surface area contributed by atoms with Crippen LogP contribution in [0.4, 0.5) is 10.5 Å². The van der Waals surface area contributed by atoms with Crippen LogP contribution >= 0.6 is 0 Å². The number of rotatable bonds is 10. The van der Waals surface area contributed by atoms with Gasteiger partial charge in [0, 0.05) is 48.6 Å². The summed E-state index contributed by atoms with van der Waals surface area (Å²) in [7, 11) is 2.05. The van der Waals surface area contributed by atoms with Crippen LogP contribution < -0.4 is 20.7 Å². The number of aryl methyl sites for hydroxylation is 1. The number of fused-ring (bicyclic) bond motifs is 2. The van der Waals surface area contributed by atoms with E-state index in [9.17, 15) is 9.90 Å². The SMILES string of the molecule is Cc1ccc(N/C(=C\C(=N)C(C)(C)C)NC(=O)N[C@H]2CC[C@@H](Oc3ccc4nnc(CN5CCN(C)C(CO)C5)n4c3)c3ccccc32)cc1. The summed E-state index contributed by atoms with van der Waals surface area (Å²) in [5, 5.41) is 36.6. The lowest BCUT2D eigenvalue weighted by Gasteiger charge is -2.38. The minimum atomic E-state index is -0.384. The number of aliphatic hydroxyl groups excluding tert-OH is 1. The van der Waals surface area contributed by atoms with Crippen molar-refractivity contribution >= 4 is 23.1 Å². The maximum absolute atomic E-state index is 13.5. The number of nitrogens with one attached hydrogen (secondary N) is 4. The highest BCUT2D eigenvalue weighted by molar-refractivity contribution is 5.97. The molecule has 0 saturated carbocycles. The molecule has 1 saturated heterocycles.